The molecule has 0 amide bonds. The average molecular weight is 306 g/mol. The van der Waals surface area contributed by atoms with Crippen molar-refractivity contribution in [2.45, 2.75) is 13.5 Å². The highest BCUT2D eigenvalue weighted by Gasteiger charge is 2.08. The summed E-state index contributed by atoms with van der Waals surface area (Å²) in [5.41, 5.74) is 2.07. The molecule has 0 aliphatic heterocycles. The fourth-order valence-corrected chi connectivity index (χ4v) is 2.21. The van der Waals surface area contributed by atoms with E-state index in [4.69, 9.17) is 23.8 Å². The maximum Gasteiger partial charge on any atom is 0.173 e. The van der Waals surface area contributed by atoms with E-state index in [2.05, 4.69) is 22.1 Å². The van der Waals surface area contributed by atoms with Gasteiger partial charge in [0, 0.05) is 36.2 Å². The zero-order valence-electron chi connectivity index (χ0n) is 11.2. The third-order valence-corrected chi connectivity index (χ3v) is 3.47. The Labute approximate surface area is 129 Å². The van der Waals surface area contributed by atoms with E-state index in [1.54, 1.807) is 6.20 Å². The lowest BCUT2D eigenvalue weighted by molar-refractivity contribution is 0.441. The van der Waals surface area contributed by atoms with E-state index < -0.39 is 0 Å². The first kappa shape index (κ1) is 14.8. The molecule has 104 valence electrons. The van der Waals surface area contributed by atoms with E-state index in [0.717, 1.165) is 24.3 Å². The molecular weight excluding hydrogens is 290 g/mol. The monoisotopic (exact) mass is 305 g/mol. The van der Waals surface area contributed by atoms with Gasteiger partial charge in [0.15, 0.2) is 5.11 Å². The third-order valence-electron chi connectivity index (χ3n) is 2.86. The van der Waals surface area contributed by atoms with Crippen LogP contribution in [0.15, 0.2) is 48.8 Å². The lowest BCUT2D eigenvalue weighted by atomic mass is 10.2. The van der Waals surface area contributed by atoms with Crippen molar-refractivity contribution in [2.24, 2.45) is 0 Å². The molecule has 1 aromatic carbocycles. The summed E-state index contributed by atoms with van der Waals surface area (Å²) in [5.74, 6) is 0. The molecule has 2 aromatic rings. The molecule has 20 heavy (non-hydrogen) atoms. The summed E-state index contributed by atoms with van der Waals surface area (Å²) in [7, 11) is 0. The van der Waals surface area contributed by atoms with Crippen LogP contribution in [-0.4, -0.2) is 21.5 Å². The van der Waals surface area contributed by atoms with E-state index in [-0.39, 0.29) is 0 Å². The molecule has 3 nitrogen and oxygen atoms in total. The smallest absolute Gasteiger partial charge is 0.173 e. The van der Waals surface area contributed by atoms with Crippen molar-refractivity contribution in [3.05, 3.63) is 59.4 Å². The summed E-state index contributed by atoms with van der Waals surface area (Å²) in [5, 5.41) is 4.62. The lowest BCUT2D eigenvalue weighted by Crippen LogP contribution is -2.34. The van der Waals surface area contributed by atoms with Gasteiger partial charge in [0.2, 0.25) is 0 Å². The zero-order valence-corrected chi connectivity index (χ0v) is 12.8. The van der Waals surface area contributed by atoms with Crippen molar-refractivity contribution in [1.82, 2.24) is 9.88 Å². The number of hydrogen-bond donors (Lipinski definition) is 1. The Balaban J connectivity index is 2.00. The molecule has 1 aromatic heterocycles. The molecule has 0 atom stereocenters. The van der Waals surface area contributed by atoms with Gasteiger partial charge in [-0.25, -0.2) is 0 Å². The fraction of sp³-hybridized carbons (Fsp3) is 0.200. The second-order valence-corrected chi connectivity index (χ2v) is 5.14. The van der Waals surface area contributed by atoms with Gasteiger partial charge in [-0.05, 0) is 55.0 Å². The maximum atomic E-state index is 5.87. The molecule has 1 heterocycles. The minimum absolute atomic E-state index is 0.693. The van der Waals surface area contributed by atoms with Gasteiger partial charge in [0.05, 0.1) is 0 Å². The lowest BCUT2D eigenvalue weighted by Gasteiger charge is -2.24. The van der Waals surface area contributed by atoms with Crippen LogP contribution in [0.25, 0.3) is 0 Å². The van der Waals surface area contributed by atoms with Gasteiger partial charge in [-0.2, -0.15) is 0 Å². The van der Waals surface area contributed by atoms with Crippen molar-refractivity contribution in [3.8, 4) is 0 Å². The average Bonchev–Trinajstić information content (AvgIpc) is 2.48. The van der Waals surface area contributed by atoms with Gasteiger partial charge in [-0.15, -0.1) is 0 Å². The van der Waals surface area contributed by atoms with Crippen molar-refractivity contribution >= 4 is 34.6 Å². The fourth-order valence-electron chi connectivity index (χ4n) is 1.78. The van der Waals surface area contributed by atoms with E-state index in [9.17, 15) is 0 Å². The van der Waals surface area contributed by atoms with Gasteiger partial charge < -0.3 is 10.2 Å². The van der Waals surface area contributed by atoms with Gasteiger partial charge in [-0.3, -0.25) is 4.98 Å². The number of pyridine rings is 1. The summed E-state index contributed by atoms with van der Waals surface area (Å²) in [6.07, 6.45) is 3.62. The van der Waals surface area contributed by atoms with E-state index in [1.807, 2.05) is 42.6 Å². The van der Waals surface area contributed by atoms with Crippen LogP contribution in [0.2, 0.25) is 5.02 Å². The zero-order chi connectivity index (χ0) is 14.4. The second kappa shape index (κ2) is 7.22. The molecule has 0 saturated heterocycles. The Morgan fingerprint density at radius 1 is 1.30 bits per heavy atom. The SMILES string of the molecule is CCN(Cc1cccnc1)C(=S)Nc1ccc(Cl)cc1. The Morgan fingerprint density at radius 3 is 2.65 bits per heavy atom. The highest BCUT2D eigenvalue weighted by Crippen LogP contribution is 2.14. The number of aromatic nitrogens is 1. The molecular formula is C15H16ClN3S. The van der Waals surface area contributed by atoms with Crippen molar-refractivity contribution in [1.29, 1.82) is 0 Å². The third kappa shape index (κ3) is 4.18. The number of nitrogens with one attached hydrogen (secondary N) is 1. The molecule has 2 rings (SSSR count). The number of thiocarbonyl (C=S) groups is 1. The van der Waals surface area contributed by atoms with E-state index in [1.165, 1.54) is 0 Å². The molecule has 5 heteroatoms. The highest BCUT2D eigenvalue weighted by atomic mass is 35.5. The van der Waals surface area contributed by atoms with E-state index >= 15 is 0 Å². The Morgan fingerprint density at radius 2 is 2.05 bits per heavy atom. The number of rotatable bonds is 4. The number of benzene rings is 1. The first-order valence-corrected chi connectivity index (χ1v) is 7.18. The van der Waals surface area contributed by atoms with Crippen LogP contribution >= 0.6 is 23.8 Å². The first-order valence-electron chi connectivity index (χ1n) is 6.39. The minimum atomic E-state index is 0.693. The molecule has 1 N–H and O–H groups in total. The summed E-state index contributed by atoms with van der Waals surface area (Å²) in [4.78, 5) is 6.20. The second-order valence-electron chi connectivity index (χ2n) is 4.31. The van der Waals surface area contributed by atoms with Crippen LogP contribution in [0.4, 0.5) is 5.69 Å². The number of hydrogen-bond acceptors (Lipinski definition) is 2. The Hall–Kier alpha value is -1.65. The van der Waals surface area contributed by atoms with Crippen LogP contribution in [-0.2, 0) is 6.54 Å². The Kier molecular flexibility index (Phi) is 5.32. The van der Waals surface area contributed by atoms with Crippen LogP contribution in [0, 0.1) is 0 Å². The first-order chi connectivity index (χ1) is 9.69. The number of halogens is 1. The Bertz CT molecular complexity index is 557. The van der Waals surface area contributed by atoms with Crippen LogP contribution in [0.5, 0.6) is 0 Å². The molecule has 0 unspecified atom stereocenters. The van der Waals surface area contributed by atoms with Gasteiger partial charge in [-0.1, -0.05) is 17.7 Å². The predicted octanol–water partition coefficient (Wildman–Crippen LogP) is 3.95. The van der Waals surface area contributed by atoms with E-state index in [0.29, 0.717) is 10.1 Å². The van der Waals surface area contributed by atoms with Crippen molar-refractivity contribution in [2.75, 3.05) is 11.9 Å². The molecule has 0 aliphatic rings. The molecule has 0 aliphatic carbocycles. The van der Waals surface area contributed by atoms with Gasteiger partial charge in [0.25, 0.3) is 0 Å². The topological polar surface area (TPSA) is 28.2 Å². The molecule has 0 fully saturated rings. The summed E-state index contributed by atoms with van der Waals surface area (Å²) in [6.45, 7) is 3.64. The predicted molar refractivity (Wildman–Crippen MR) is 88.0 cm³/mol. The van der Waals surface area contributed by atoms with Crippen LogP contribution in [0.3, 0.4) is 0 Å². The number of anilines is 1. The molecule has 0 saturated carbocycles. The highest BCUT2D eigenvalue weighted by molar-refractivity contribution is 7.80. The largest absolute Gasteiger partial charge is 0.345 e. The summed E-state index contributed by atoms with van der Waals surface area (Å²) >= 11 is 11.3. The quantitative estimate of drug-likeness (QED) is 0.866. The normalized spacial score (nSPS) is 10.1. The van der Waals surface area contributed by atoms with Gasteiger partial charge in [0.1, 0.15) is 0 Å². The van der Waals surface area contributed by atoms with Gasteiger partial charge >= 0.3 is 0 Å². The molecule has 0 spiro atoms. The minimum Gasteiger partial charge on any atom is -0.345 e. The van der Waals surface area contributed by atoms with Crippen LogP contribution in [0.1, 0.15) is 12.5 Å². The van der Waals surface area contributed by atoms with Crippen molar-refractivity contribution in [3.63, 3.8) is 0 Å². The molecule has 0 bridgehead atoms. The molecule has 0 radical (unpaired) electrons. The number of nitrogens with zero attached hydrogens (tertiary/aromatic N) is 2. The van der Waals surface area contributed by atoms with Crippen molar-refractivity contribution < 1.29 is 0 Å². The van der Waals surface area contributed by atoms with Crippen LogP contribution < -0.4 is 5.32 Å². The summed E-state index contributed by atoms with van der Waals surface area (Å²) < 4.78 is 0. The standard InChI is InChI=1S/C15H16ClN3S/c1-2-19(11-12-4-3-9-17-10-12)15(20)18-14-7-5-13(16)6-8-14/h3-10H,2,11H2,1H3,(H,18,20). The summed E-state index contributed by atoms with van der Waals surface area (Å²) in [6, 6.07) is 11.5. The maximum absolute atomic E-state index is 5.87.